The topological polar surface area (TPSA) is 46.6 Å². The Labute approximate surface area is 108 Å². The molecule has 1 saturated heterocycles. The van der Waals surface area contributed by atoms with Crippen molar-refractivity contribution in [3.05, 3.63) is 12.2 Å². The molecule has 4 heteroatoms. The highest BCUT2D eigenvalue weighted by Crippen LogP contribution is 2.26. The molecule has 0 unspecified atom stereocenters. The highest BCUT2D eigenvalue weighted by molar-refractivity contribution is 6.00. The molecule has 0 aromatic rings. The average molecular weight is 251 g/mol. The Morgan fingerprint density at radius 1 is 1.33 bits per heavy atom. The van der Waals surface area contributed by atoms with Crippen LogP contribution in [0.3, 0.4) is 0 Å². The van der Waals surface area contributed by atoms with Crippen LogP contribution in [-0.2, 0) is 9.53 Å². The van der Waals surface area contributed by atoms with Gasteiger partial charge in [-0.15, -0.1) is 0 Å². The lowest BCUT2D eigenvalue weighted by Gasteiger charge is -2.25. The first-order valence-electron chi connectivity index (χ1n) is 6.70. The molecule has 1 aliphatic carbocycles. The van der Waals surface area contributed by atoms with E-state index >= 15 is 0 Å². The van der Waals surface area contributed by atoms with Crippen LogP contribution in [-0.4, -0.2) is 29.0 Å². The fourth-order valence-electron chi connectivity index (χ4n) is 2.62. The predicted octanol–water partition coefficient (Wildman–Crippen LogP) is 2.88. The second kappa shape index (κ2) is 5.12. The van der Waals surface area contributed by atoms with Crippen molar-refractivity contribution in [2.24, 2.45) is 5.92 Å². The summed E-state index contributed by atoms with van der Waals surface area (Å²) in [6.45, 7) is 3.95. The summed E-state index contributed by atoms with van der Waals surface area (Å²) < 4.78 is 4.93. The summed E-state index contributed by atoms with van der Waals surface area (Å²) in [6.07, 6.45) is 9.05. The highest BCUT2D eigenvalue weighted by Gasteiger charge is 2.43. The van der Waals surface area contributed by atoms with Gasteiger partial charge in [-0.2, -0.15) is 0 Å². The fourth-order valence-corrected chi connectivity index (χ4v) is 2.62. The van der Waals surface area contributed by atoms with Gasteiger partial charge in [0.1, 0.15) is 6.61 Å². The van der Waals surface area contributed by atoms with E-state index in [0.717, 1.165) is 12.8 Å². The third-order valence-electron chi connectivity index (χ3n) is 3.72. The number of hydrogen-bond donors (Lipinski definition) is 0. The van der Waals surface area contributed by atoms with E-state index in [2.05, 4.69) is 0 Å². The van der Waals surface area contributed by atoms with E-state index in [4.69, 9.17) is 4.74 Å². The molecule has 0 aromatic heterocycles. The first-order chi connectivity index (χ1) is 8.50. The summed E-state index contributed by atoms with van der Waals surface area (Å²) in [6, 6.07) is 0. The molecule has 2 fully saturated rings. The number of carbonyl (C=O) groups excluding carboxylic acids is 2. The summed E-state index contributed by atoms with van der Waals surface area (Å²) >= 11 is 0. The van der Waals surface area contributed by atoms with Crippen molar-refractivity contribution in [2.75, 3.05) is 6.61 Å². The number of hydrogen-bond acceptors (Lipinski definition) is 3. The molecule has 2 aliphatic rings. The lowest BCUT2D eigenvalue weighted by Crippen LogP contribution is -2.45. The summed E-state index contributed by atoms with van der Waals surface area (Å²) in [5.41, 5.74) is -0.537. The van der Waals surface area contributed by atoms with Crippen molar-refractivity contribution in [1.82, 2.24) is 4.90 Å². The Morgan fingerprint density at radius 3 is 2.56 bits per heavy atom. The standard InChI is InChI=1S/C14H21NO3/c1-14(2)10-18-13(17)15(14)12(16)9-8-11-6-4-3-5-7-11/h8-9,11H,3-7,10H2,1-2H3/b9-8+. The van der Waals surface area contributed by atoms with Gasteiger partial charge in [-0.05, 0) is 38.7 Å². The van der Waals surface area contributed by atoms with Crippen LogP contribution in [0, 0.1) is 5.92 Å². The normalized spacial score (nSPS) is 24.6. The van der Waals surface area contributed by atoms with Crippen molar-refractivity contribution < 1.29 is 14.3 Å². The zero-order valence-corrected chi connectivity index (χ0v) is 11.1. The van der Waals surface area contributed by atoms with Crippen LogP contribution in [0.4, 0.5) is 4.79 Å². The Morgan fingerprint density at radius 2 is 2.00 bits per heavy atom. The molecule has 1 aliphatic heterocycles. The minimum Gasteiger partial charge on any atom is -0.447 e. The zero-order chi connectivity index (χ0) is 13.2. The van der Waals surface area contributed by atoms with Crippen molar-refractivity contribution in [3.8, 4) is 0 Å². The monoisotopic (exact) mass is 251 g/mol. The molecule has 2 rings (SSSR count). The molecule has 0 N–H and O–H groups in total. The first kappa shape index (κ1) is 13.1. The van der Waals surface area contributed by atoms with E-state index in [-0.39, 0.29) is 12.5 Å². The van der Waals surface area contributed by atoms with Crippen LogP contribution in [0.5, 0.6) is 0 Å². The number of amides is 2. The molecule has 0 radical (unpaired) electrons. The number of carbonyl (C=O) groups is 2. The van der Waals surface area contributed by atoms with Gasteiger partial charge in [-0.25, -0.2) is 9.69 Å². The van der Waals surface area contributed by atoms with E-state index in [1.165, 1.54) is 24.2 Å². The van der Waals surface area contributed by atoms with Crippen LogP contribution < -0.4 is 0 Å². The summed E-state index contributed by atoms with van der Waals surface area (Å²) in [4.78, 5) is 24.8. The smallest absolute Gasteiger partial charge is 0.417 e. The Balaban J connectivity index is 1.98. The molecule has 0 aromatic carbocycles. The number of nitrogens with zero attached hydrogens (tertiary/aromatic N) is 1. The predicted molar refractivity (Wildman–Crippen MR) is 68.0 cm³/mol. The molecule has 0 atom stereocenters. The average Bonchev–Trinajstić information content (AvgIpc) is 2.62. The Bertz CT molecular complexity index is 367. The van der Waals surface area contributed by atoms with Crippen LogP contribution >= 0.6 is 0 Å². The van der Waals surface area contributed by atoms with E-state index < -0.39 is 11.6 Å². The first-order valence-corrected chi connectivity index (χ1v) is 6.70. The molecule has 2 amide bonds. The maximum absolute atomic E-state index is 12.1. The second-order valence-electron chi connectivity index (χ2n) is 5.80. The number of allylic oxidation sites excluding steroid dienone is 1. The van der Waals surface area contributed by atoms with Gasteiger partial charge in [-0.1, -0.05) is 25.3 Å². The molecule has 100 valence electrons. The fraction of sp³-hybridized carbons (Fsp3) is 0.714. The third-order valence-corrected chi connectivity index (χ3v) is 3.72. The van der Waals surface area contributed by atoms with Gasteiger partial charge in [0.15, 0.2) is 0 Å². The van der Waals surface area contributed by atoms with E-state index in [1.807, 2.05) is 19.9 Å². The van der Waals surface area contributed by atoms with Crippen LogP contribution in [0.25, 0.3) is 0 Å². The molecule has 18 heavy (non-hydrogen) atoms. The molecule has 1 saturated carbocycles. The largest absolute Gasteiger partial charge is 0.447 e. The number of ether oxygens (including phenoxy) is 1. The molecule has 0 spiro atoms. The third kappa shape index (κ3) is 2.74. The number of cyclic esters (lactones) is 1. The van der Waals surface area contributed by atoms with Crippen LogP contribution in [0.1, 0.15) is 46.0 Å². The van der Waals surface area contributed by atoms with Crippen LogP contribution in [0.15, 0.2) is 12.2 Å². The minimum absolute atomic E-state index is 0.256. The van der Waals surface area contributed by atoms with Gasteiger partial charge in [0.25, 0.3) is 5.91 Å². The van der Waals surface area contributed by atoms with Crippen molar-refractivity contribution in [3.63, 3.8) is 0 Å². The molecule has 0 bridgehead atoms. The summed E-state index contributed by atoms with van der Waals surface area (Å²) in [5, 5.41) is 0. The molecule has 1 heterocycles. The Hall–Kier alpha value is -1.32. The molecule has 4 nitrogen and oxygen atoms in total. The maximum Gasteiger partial charge on any atom is 0.417 e. The lowest BCUT2D eigenvalue weighted by molar-refractivity contribution is -0.125. The van der Waals surface area contributed by atoms with E-state index in [1.54, 1.807) is 6.08 Å². The molecular formula is C14H21NO3. The van der Waals surface area contributed by atoms with E-state index in [9.17, 15) is 9.59 Å². The van der Waals surface area contributed by atoms with Gasteiger partial charge in [0, 0.05) is 0 Å². The van der Waals surface area contributed by atoms with Gasteiger partial charge in [0.05, 0.1) is 5.54 Å². The quantitative estimate of drug-likeness (QED) is 0.709. The molecular weight excluding hydrogens is 230 g/mol. The summed E-state index contributed by atoms with van der Waals surface area (Å²) in [7, 11) is 0. The second-order valence-corrected chi connectivity index (χ2v) is 5.80. The van der Waals surface area contributed by atoms with Gasteiger partial charge in [-0.3, -0.25) is 4.79 Å². The summed E-state index contributed by atoms with van der Waals surface area (Å²) in [5.74, 6) is 0.234. The van der Waals surface area contributed by atoms with Crippen molar-refractivity contribution in [1.29, 1.82) is 0 Å². The Kier molecular flexibility index (Phi) is 3.73. The SMILES string of the molecule is CC1(C)COC(=O)N1C(=O)/C=C/C1CCCCC1. The minimum atomic E-state index is -0.537. The van der Waals surface area contributed by atoms with Gasteiger partial charge in [0.2, 0.25) is 0 Å². The number of rotatable bonds is 2. The van der Waals surface area contributed by atoms with Crippen LogP contribution in [0.2, 0.25) is 0 Å². The van der Waals surface area contributed by atoms with Gasteiger partial charge >= 0.3 is 6.09 Å². The lowest BCUT2D eigenvalue weighted by atomic mass is 9.89. The zero-order valence-electron chi connectivity index (χ0n) is 11.1. The number of imide groups is 1. The maximum atomic E-state index is 12.1. The van der Waals surface area contributed by atoms with Crippen molar-refractivity contribution in [2.45, 2.75) is 51.5 Å². The van der Waals surface area contributed by atoms with E-state index in [0.29, 0.717) is 5.92 Å². The van der Waals surface area contributed by atoms with Crippen molar-refractivity contribution >= 4 is 12.0 Å². The van der Waals surface area contributed by atoms with Gasteiger partial charge < -0.3 is 4.74 Å². The highest BCUT2D eigenvalue weighted by atomic mass is 16.6.